The highest BCUT2D eigenvalue weighted by Crippen LogP contribution is 2.33. The van der Waals surface area contributed by atoms with Crippen molar-refractivity contribution >= 4 is 34.8 Å². The molecule has 166 valence electrons. The molecule has 6 nitrogen and oxygen atoms in total. The van der Waals surface area contributed by atoms with Crippen molar-refractivity contribution in [2.75, 3.05) is 18.9 Å². The van der Waals surface area contributed by atoms with Crippen molar-refractivity contribution in [3.05, 3.63) is 78.0 Å². The van der Waals surface area contributed by atoms with Crippen molar-refractivity contribution in [1.82, 2.24) is 10.3 Å². The van der Waals surface area contributed by atoms with E-state index in [4.69, 9.17) is 4.74 Å². The first-order chi connectivity index (χ1) is 15.5. The van der Waals surface area contributed by atoms with Gasteiger partial charge in [-0.2, -0.15) is 0 Å². The zero-order valence-electron chi connectivity index (χ0n) is 18.6. The zero-order valence-corrected chi connectivity index (χ0v) is 19.4. The van der Waals surface area contributed by atoms with E-state index in [0.29, 0.717) is 29.4 Å². The van der Waals surface area contributed by atoms with Crippen LogP contribution in [0.3, 0.4) is 0 Å². The lowest BCUT2D eigenvalue weighted by atomic mass is 9.96. The summed E-state index contributed by atoms with van der Waals surface area (Å²) in [6.07, 6.45) is 7.70. The molecule has 1 aliphatic heterocycles. The van der Waals surface area contributed by atoms with Gasteiger partial charge in [0.25, 0.3) is 0 Å². The molecule has 1 aromatic carbocycles. The number of hydrogen-bond donors (Lipinski definition) is 2. The van der Waals surface area contributed by atoms with Crippen LogP contribution in [0.2, 0.25) is 0 Å². The molecule has 0 radical (unpaired) electrons. The molecule has 2 aromatic rings. The molecule has 0 saturated carbocycles. The fraction of sp³-hybridized carbons (Fsp3) is 0.208. The summed E-state index contributed by atoms with van der Waals surface area (Å²) in [5.74, 6) is 0.818. The molecule has 0 spiro atoms. The first-order valence-corrected chi connectivity index (χ1v) is 10.8. The summed E-state index contributed by atoms with van der Waals surface area (Å²) < 4.78 is 23.8. The number of dihydropyridines is 1. The maximum atomic E-state index is 15.4. The number of ether oxygens (including phenoxy) is 1. The molecule has 3 rings (SSSR count). The van der Waals surface area contributed by atoms with Crippen LogP contribution in [0.1, 0.15) is 24.5 Å². The molecule has 0 amide bonds. The van der Waals surface area contributed by atoms with Crippen molar-refractivity contribution in [2.45, 2.75) is 25.2 Å². The topological polar surface area (TPSA) is 70.9 Å². The van der Waals surface area contributed by atoms with Crippen LogP contribution in [-0.2, 0) is 0 Å². The third-order valence-corrected chi connectivity index (χ3v) is 5.55. The minimum atomic E-state index is -0.336. The number of amidine groups is 1. The van der Waals surface area contributed by atoms with E-state index in [0.717, 1.165) is 27.4 Å². The average Bonchev–Trinajstić information content (AvgIpc) is 2.78. The van der Waals surface area contributed by atoms with Gasteiger partial charge in [-0.25, -0.2) is 9.37 Å². The molecule has 2 heterocycles. The SMILES string of the molecule is C=CNC(/C=C1\CC=C(c2cccc(NSc3cc(C)cnc3OC)c2F)C(C)=N1)=NC. The maximum absolute atomic E-state index is 15.4. The number of aryl methyl sites for hydroxylation is 1. The van der Waals surface area contributed by atoms with E-state index in [1.54, 1.807) is 38.7 Å². The summed E-state index contributed by atoms with van der Waals surface area (Å²) >= 11 is 1.26. The van der Waals surface area contributed by atoms with E-state index < -0.39 is 0 Å². The van der Waals surface area contributed by atoms with Gasteiger partial charge in [-0.05, 0) is 49.7 Å². The van der Waals surface area contributed by atoms with Gasteiger partial charge in [0.05, 0.1) is 17.7 Å². The Balaban J connectivity index is 1.82. The van der Waals surface area contributed by atoms with E-state index in [1.807, 2.05) is 38.1 Å². The first-order valence-electron chi connectivity index (χ1n) is 9.99. The monoisotopic (exact) mass is 451 g/mol. The number of pyridine rings is 1. The highest BCUT2D eigenvalue weighted by molar-refractivity contribution is 8.00. The average molecular weight is 452 g/mol. The lowest BCUT2D eigenvalue weighted by molar-refractivity contribution is 0.387. The van der Waals surface area contributed by atoms with Gasteiger partial charge < -0.3 is 14.8 Å². The summed E-state index contributed by atoms with van der Waals surface area (Å²) in [4.78, 5) is 13.8. The number of nitrogens with zero attached hydrogens (tertiary/aromatic N) is 3. The minimum absolute atomic E-state index is 0.336. The Bertz CT molecular complexity index is 1140. The largest absolute Gasteiger partial charge is 0.480 e. The Morgan fingerprint density at radius 1 is 1.34 bits per heavy atom. The van der Waals surface area contributed by atoms with Crippen LogP contribution in [0.5, 0.6) is 5.88 Å². The van der Waals surface area contributed by atoms with Crippen LogP contribution in [0, 0.1) is 12.7 Å². The van der Waals surface area contributed by atoms with Gasteiger partial charge in [0.1, 0.15) is 5.84 Å². The van der Waals surface area contributed by atoms with Gasteiger partial charge in [0, 0.05) is 48.3 Å². The molecular weight excluding hydrogens is 425 g/mol. The van der Waals surface area contributed by atoms with Gasteiger partial charge in [-0.3, -0.25) is 9.98 Å². The van der Waals surface area contributed by atoms with Crippen molar-refractivity contribution in [3.8, 4) is 5.88 Å². The number of allylic oxidation sites excluding steroid dienone is 2. The molecule has 0 bridgehead atoms. The third kappa shape index (κ3) is 5.45. The number of aliphatic imine (C=N–C) groups is 2. The van der Waals surface area contributed by atoms with Gasteiger partial charge in [-0.1, -0.05) is 24.8 Å². The van der Waals surface area contributed by atoms with Crippen LogP contribution in [0.15, 0.2) is 76.0 Å². The number of anilines is 1. The first kappa shape index (κ1) is 23.3. The lowest BCUT2D eigenvalue weighted by Gasteiger charge is -2.17. The standard InChI is InChI=1S/C24H26FN5OS/c1-6-27-22(26-4)13-17-10-11-18(16(3)29-17)19-8-7-9-20(23(19)25)30-32-21-12-15(2)14-28-24(21)31-5/h6-9,11-14,30H,1,10H2,2-5H3,(H,26,27)/b17-13+. The summed E-state index contributed by atoms with van der Waals surface area (Å²) in [5.41, 5.74) is 4.22. The molecule has 0 fully saturated rings. The Morgan fingerprint density at radius 3 is 2.84 bits per heavy atom. The summed E-state index contributed by atoms with van der Waals surface area (Å²) in [7, 11) is 3.25. The van der Waals surface area contributed by atoms with E-state index in [-0.39, 0.29) is 5.82 Å². The number of aromatic nitrogens is 1. The second kappa shape index (κ2) is 10.8. The normalized spacial score (nSPS) is 15.2. The molecule has 2 N–H and O–H groups in total. The molecule has 1 aliphatic rings. The second-order valence-corrected chi connectivity index (χ2v) is 7.85. The van der Waals surface area contributed by atoms with Gasteiger partial charge in [0.2, 0.25) is 5.88 Å². The molecule has 32 heavy (non-hydrogen) atoms. The Hall–Kier alpha value is -3.39. The highest BCUT2D eigenvalue weighted by atomic mass is 32.2. The van der Waals surface area contributed by atoms with Crippen molar-refractivity contribution < 1.29 is 9.13 Å². The van der Waals surface area contributed by atoms with Crippen molar-refractivity contribution in [3.63, 3.8) is 0 Å². The van der Waals surface area contributed by atoms with Crippen LogP contribution >= 0.6 is 11.9 Å². The highest BCUT2D eigenvalue weighted by Gasteiger charge is 2.18. The zero-order chi connectivity index (χ0) is 23.1. The number of methoxy groups -OCH3 is 1. The number of halogens is 1. The quantitative estimate of drug-likeness (QED) is 0.328. The molecule has 0 aliphatic carbocycles. The summed E-state index contributed by atoms with van der Waals surface area (Å²) in [5, 5.41) is 2.96. The number of rotatable bonds is 7. The van der Waals surface area contributed by atoms with E-state index in [2.05, 4.69) is 31.6 Å². The van der Waals surface area contributed by atoms with Crippen LogP contribution in [0.4, 0.5) is 10.1 Å². The van der Waals surface area contributed by atoms with E-state index in [9.17, 15) is 0 Å². The number of benzene rings is 1. The molecule has 1 aromatic heterocycles. The molecule has 0 unspecified atom stereocenters. The fourth-order valence-corrected chi connectivity index (χ4v) is 4.04. The van der Waals surface area contributed by atoms with Gasteiger partial charge in [-0.15, -0.1) is 0 Å². The Labute approximate surface area is 192 Å². The summed E-state index contributed by atoms with van der Waals surface area (Å²) in [6, 6.07) is 7.22. The third-order valence-electron chi connectivity index (χ3n) is 4.72. The van der Waals surface area contributed by atoms with Crippen LogP contribution < -0.4 is 14.8 Å². The fourth-order valence-electron chi connectivity index (χ4n) is 3.19. The molecule has 0 atom stereocenters. The summed E-state index contributed by atoms with van der Waals surface area (Å²) in [6.45, 7) is 7.47. The smallest absolute Gasteiger partial charge is 0.228 e. The number of nitrogens with one attached hydrogen (secondary N) is 2. The van der Waals surface area contributed by atoms with Crippen LogP contribution in [0.25, 0.3) is 5.57 Å². The van der Waals surface area contributed by atoms with Gasteiger partial charge >= 0.3 is 0 Å². The van der Waals surface area contributed by atoms with Gasteiger partial charge in [0.15, 0.2) is 5.82 Å². The van der Waals surface area contributed by atoms with E-state index in [1.165, 1.54) is 11.9 Å². The minimum Gasteiger partial charge on any atom is -0.480 e. The Morgan fingerprint density at radius 2 is 2.16 bits per heavy atom. The maximum Gasteiger partial charge on any atom is 0.228 e. The van der Waals surface area contributed by atoms with E-state index >= 15 is 4.39 Å². The lowest BCUT2D eigenvalue weighted by Crippen LogP contribution is -2.15. The Kier molecular flexibility index (Phi) is 7.83. The molecule has 8 heteroatoms. The second-order valence-electron chi connectivity index (χ2n) is 7.00. The van der Waals surface area contributed by atoms with Crippen LogP contribution in [-0.4, -0.2) is 30.7 Å². The molecule has 0 saturated heterocycles. The predicted molar refractivity (Wildman–Crippen MR) is 132 cm³/mol. The predicted octanol–water partition coefficient (Wildman–Crippen LogP) is 5.55. The number of hydrogen-bond acceptors (Lipinski definition) is 6. The molecular formula is C24H26FN5OS. The van der Waals surface area contributed by atoms with Crippen molar-refractivity contribution in [2.24, 2.45) is 9.98 Å². The van der Waals surface area contributed by atoms with Crippen molar-refractivity contribution in [1.29, 1.82) is 0 Å².